The van der Waals surface area contributed by atoms with Gasteiger partial charge in [-0.2, -0.15) is 0 Å². The predicted octanol–water partition coefficient (Wildman–Crippen LogP) is 2.83. The maximum absolute atomic E-state index is 11.9. The maximum atomic E-state index is 11.9. The third kappa shape index (κ3) is 4.61. The third-order valence-electron chi connectivity index (χ3n) is 3.50. The number of rotatable bonds is 7. The van der Waals surface area contributed by atoms with Crippen molar-refractivity contribution >= 4 is 45.2 Å². The average Bonchev–Trinajstić information content (AvgIpc) is 3.31. The molecular formula is C16H17BrN4O2S. The molecule has 0 aliphatic heterocycles. The number of anilines is 1. The number of imidazole rings is 1. The molecule has 1 aliphatic rings. The van der Waals surface area contributed by atoms with Crippen molar-refractivity contribution in [3.05, 3.63) is 41.1 Å². The molecule has 0 atom stereocenters. The molecule has 0 spiro atoms. The highest BCUT2D eigenvalue weighted by molar-refractivity contribution is 9.10. The minimum atomic E-state index is -0.264. The zero-order chi connectivity index (χ0) is 16.9. The highest BCUT2D eigenvalue weighted by Crippen LogP contribution is 2.37. The number of thioether (sulfide) groups is 1. The number of hydrogen-bond donors (Lipinski definition) is 2. The van der Waals surface area contributed by atoms with Gasteiger partial charge >= 0.3 is 0 Å². The molecule has 1 saturated carbocycles. The first-order chi connectivity index (χ1) is 11.6. The number of nitrogens with zero attached hydrogens (tertiary/aromatic N) is 2. The number of carbonyl (C=O) groups excluding carboxylic acids is 2. The van der Waals surface area contributed by atoms with Crippen molar-refractivity contribution < 1.29 is 9.59 Å². The number of carbonyl (C=O) groups is 2. The summed E-state index contributed by atoms with van der Waals surface area (Å²) in [4.78, 5) is 28.1. The van der Waals surface area contributed by atoms with E-state index in [1.54, 1.807) is 12.3 Å². The van der Waals surface area contributed by atoms with E-state index in [-0.39, 0.29) is 24.1 Å². The smallest absolute Gasteiger partial charge is 0.243 e. The van der Waals surface area contributed by atoms with Crippen LogP contribution in [0.4, 0.5) is 5.69 Å². The molecule has 1 aromatic carbocycles. The fourth-order valence-corrected chi connectivity index (χ4v) is 3.40. The van der Waals surface area contributed by atoms with Crippen LogP contribution in [0.1, 0.15) is 18.9 Å². The van der Waals surface area contributed by atoms with Crippen LogP contribution in [0.2, 0.25) is 0 Å². The maximum Gasteiger partial charge on any atom is 0.243 e. The van der Waals surface area contributed by atoms with Gasteiger partial charge in [0.2, 0.25) is 11.8 Å². The number of para-hydroxylation sites is 1. The van der Waals surface area contributed by atoms with Gasteiger partial charge in [-0.25, -0.2) is 4.98 Å². The lowest BCUT2D eigenvalue weighted by molar-refractivity contribution is -0.122. The van der Waals surface area contributed by atoms with Crippen molar-refractivity contribution in [1.29, 1.82) is 0 Å². The number of nitrogens with one attached hydrogen (secondary N) is 2. The Morgan fingerprint density at radius 2 is 2.08 bits per heavy atom. The van der Waals surface area contributed by atoms with E-state index in [0.29, 0.717) is 11.7 Å². The number of amides is 2. The molecule has 1 heterocycles. The first-order valence-corrected chi connectivity index (χ1v) is 9.38. The highest BCUT2D eigenvalue weighted by atomic mass is 79.9. The van der Waals surface area contributed by atoms with Crippen LogP contribution >= 0.6 is 27.7 Å². The van der Waals surface area contributed by atoms with Crippen molar-refractivity contribution in [3.8, 4) is 0 Å². The van der Waals surface area contributed by atoms with Crippen LogP contribution in [0.5, 0.6) is 0 Å². The summed E-state index contributed by atoms with van der Waals surface area (Å²) in [5.74, 6) is -0.209. The Morgan fingerprint density at radius 1 is 1.29 bits per heavy atom. The van der Waals surface area contributed by atoms with Crippen LogP contribution in [-0.4, -0.2) is 33.7 Å². The molecule has 126 valence electrons. The largest absolute Gasteiger partial charge is 0.346 e. The Bertz CT molecular complexity index is 745. The summed E-state index contributed by atoms with van der Waals surface area (Å²) >= 11 is 4.75. The fraction of sp³-hybridized carbons (Fsp3) is 0.312. The van der Waals surface area contributed by atoms with E-state index < -0.39 is 0 Å². The Kier molecular flexibility index (Phi) is 5.57. The lowest BCUT2D eigenvalue weighted by Gasteiger charge is -2.08. The zero-order valence-corrected chi connectivity index (χ0v) is 15.3. The van der Waals surface area contributed by atoms with Gasteiger partial charge in [0.25, 0.3) is 0 Å². The van der Waals surface area contributed by atoms with Crippen LogP contribution in [0.25, 0.3) is 0 Å². The van der Waals surface area contributed by atoms with Gasteiger partial charge in [-0.15, -0.1) is 0 Å². The monoisotopic (exact) mass is 408 g/mol. The summed E-state index contributed by atoms with van der Waals surface area (Å²) in [5.41, 5.74) is 0.678. The van der Waals surface area contributed by atoms with E-state index in [4.69, 9.17) is 0 Å². The molecule has 2 amide bonds. The Labute approximate surface area is 152 Å². The normalized spacial score (nSPS) is 13.5. The molecule has 0 saturated heterocycles. The molecule has 8 heteroatoms. The lowest BCUT2D eigenvalue weighted by atomic mass is 10.3. The van der Waals surface area contributed by atoms with Crippen LogP contribution in [0.15, 0.2) is 46.3 Å². The number of halogens is 1. The van der Waals surface area contributed by atoms with Crippen molar-refractivity contribution in [3.63, 3.8) is 0 Å². The highest BCUT2D eigenvalue weighted by Gasteiger charge is 2.25. The molecule has 1 aromatic heterocycles. The van der Waals surface area contributed by atoms with Crippen LogP contribution in [0.3, 0.4) is 0 Å². The number of benzene rings is 1. The van der Waals surface area contributed by atoms with Gasteiger partial charge in [0.05, 0.1) is 18.0 Å². The Morgan fingerprint density at radius 3 is 2.83 bits per heavy atom. The third-order valence-corrected chi connectivity index (χ3v) is 5.17. The second-order valence-electron chi connectivity index (χ2n) is 5.44. The van der Waals surface area contributed by atoms with Crippen LogP contribution < -0.4 is 10.6 Å². The molecule has 0 bridgehead atoms. The molecule has 1 fully saturated rings. The molecule has 1 aliphatic carbocycles. The van der Waals surface area contributed by atoms with Gasteiger partial charge in [0.15, 0.2) is 5.16 Å². The molecule has 2 aromatic rings. The van der Waals surface area contributed by atoms with Crippen molar-refractivity contribution in [2.45, 2.75) is 24.0 Å². The van der Waals surface area contributed by atoms with E-state index in [2.05, 4.69) is 36.1 Å². The molecule has 24 heavy (non-hydrogen) atoms. The summed E-state index contributed by atoms with van der Waals surface area (Å²) in [7, 11) is 0. The number of aromatic nitrogens is 2. The minimum absolute atomic E-state index is 0.0577. The van der Waals surface area contributed by atoms with E-state index in [1.807, 2.05) is 24.4 Å². The van der Waals surface area contributed by atoms with Gasteiger partial charge < -0.3 is 15.2 Å². The van der Waals surface area contributed by atoms with Gasteiger partial charge in [-0.3, -0.25) is 9.59 Å². The van der Waals surface area contributed by atoms with Gasteiger partial charge in [0.1, 0.15) is 0 Å². The summed E-state index contributed by atoms with van der Waals surface area (Å²) in [6.07, 6.45) is 6.05. The molecule has 0 unspecified atom stereocenters. The van der Waals surface area contributed by atoms with E-state index in [0.717, 1.165) is 9.63 Å². The first kappa shape index (κ1) is 17.0. The molecule has 6 nitrogen and oxygen atoms in total. The Hall–Kier alpha value is -1.80. The van der Waals surface area contributed by atoms with Gasteiger partial charge in [-0.05, 0) is 40.9 Å². The van der Waals surface area contributed by atoms with Crippen molar-refractivity contribution in [1.82, 2.24) is 14.9 Å². The Balaban J connectivity index is 1.41. The van der Waals surface area contributed by atoms with Crippen LogP contribution in [-0.2, 0) is 9.59 Å². The zero-order valence-electron chi connectivity index (χ0n) is 12.9. The van der Waals surface area contributed by atoms with Gasteiger partial charge in [0, 0.05) is 22.9 Å². The minimum Gasteiger partial charge on any atom is -0.346 e. The summed E-state index contributed by atoms with van der Waals surface area (Å²) < 4.78 is 2.91. The van der Waals surface area contributed by atoms with Crippen molar-refractivity contribution in [2.75, 3.05) is 17.6 Å². The molecule has 2 N–H and O–H groups in total. The van der Waals surface area contributed by atoms with Crippen LogP contribution in [0, 0.1) is 0 Å². The second kappa shape index (κ2) is 7.85. The second-order valence-corrected chi connectivity index (χ2v) is 7.24. The van der Waals surface area contributed by atoms with E-state index >= 15 is 0 Å². The lowest BCUT2D eigenvalue weighted by Crippen LogP contribution is -2.34. The number of hydrogen-bond acceptors (Lipinski definition) is 4. The molecule has 3 rings (SSSR count). The average molecular weight is 409 g/mol. The quantitative estimate of drug-likeness (QED) is 0.690. The van der Waals surface area contributed by atoms with Crippen molar-refractivity contribution in [2.24, 2.45) is 0 Å². The topological polar surface area (TPSA) is 76.0 Å². The molecule has 0 radical (unpaired) electrons. The van der Waals surface area contributed by atoms with E-state index in [1.165, 1.54) is 24.6 Å². The predicted molar refractivity (Wildman–Crippen MR) is 97.0 cm³/mol. The summed E-state index contributed by atoms with van der Waals surface area (Å²) in [6.45, 7) is -0.0577. The first-order valence-electron chi connectivity index (χ1n) is 7.60. The molecular weight excluding hydrogens is 392 g/mol. The standard InChI is InChI=1S/C16H17BrN4O2S/c17-12-3-1-2-4-13(12)20-14(22)9-19-15(23)10-24-16-18-7-8-21(16)11-5-6-11/h1-4,7-8,11H,5-6,9-10H2,(H,19,23)(H,20,22). The summed E-state index contributed by atoms with van der Waals surface area (Å²) in [6, 6.07) is 7.86. The van der Waals surface area contributed by atoms with Gasteiger partial charge in [-0.1, -0.05) is 23.9 Å². The van der Waals surface area contributed by atoms with E-state index in [9.17, 15) is 9.59 Å². The fourth-order valence-electron chi connectivity index (χ4n) is 2.16. The summed E-state index contributed by atoms with van der Waals surface area (Å²) in [5, 5.41) is 6.22. The SMILES string of the molecule is O=C(CSc1nccn1C1CC1)NCC(=O)Nc1ccccc1Br.